The third-order valence-electron chi connectivity index (χ3n) is 6.12. The maximum absolute atomic E-state index is 13.1. The summed E-state index contributed by atoms with van der Waals surface area (Å²) in [5.41, 5.74) is 2.34. The molecule has 2 aliphatic heterocycles. The predicted octanol–water partition coefficient (Wildman–Crippen LogP) is 3.04. The zero-order valence-corrected chi connectivity index (χ0v) is 17.0. The van der Waals surface area contributed by atoms with Gasteiger partial charge in [-0.15, -0.1) is 0 Å². The number of carbonyl (C=O) groups excluding carboxylic acids is 1. The van der Waals surface area contributed by atoms with Gasteiger partial charge in [-0.25, -0.2) is 0 Å². The normalized spacial score (nSPS) is 20.7. The molecule has 5 nitrogen and oxygen atoms in total. The Morgan fingerprint density at radius 1 is 1.03 bits per heavy atom. The van der Waals surface area contributed by atoms with Gasteiger partial charge in [0.25, 0.3) is 0 Å². The molecule has 2 aromatic rings. The Kier molecular flexibility index (Phi) is 6.35. The summed E-state index contributed by atoms with van der Waals surface area (Å²) in [6.07, 6.45) is 4.18. The molecule has 0 saturated carbocycles. The van der Waals surface area contributed by atoms with Crippen LogP contribution < -0.4 is 10.2 Å². The van der Waals surface area contributed by atoms with E-state index >= 15 is 0 Å². The number of anilines is 1. The van der Waals surface area contributed by atoms with E-state index in [0.29, 0.717) is 0 Å². The zero-order valence-electron chi connectivity index (χ0n) is 17.0. The Bertz CT molecular complexity index is 788. The first-order valence-corrected chi connectivity index (χ1v) is 10.8. The molecule has 29 heavy (non-hydrogen) atoms. The van der Waals surface area contributed by atoms with Crippen LogP contribution in [0.25, 0.3) is 0 Å². The van der Waals surface area contributed by atoms with Gasteiger partial charge in [-0.3, -0.25) is 4.79 Å². The Hall–Kier alpha value is -2.53. The molecule has 154 valence electrons. The summed E-state index contributed by atoms with van der Waals surface area (Å²) in [5.74, 6) is 0.489. The highest BCUT2D eigenvalue weighted by atomic mass is 16.3. The van der Waals surface area contributed by atoms with Crippen LogP contribution in [-0.2, 0) is 11.2 Å². The van der Waals surface area contributed by atoms with E-state index in [2.05, 4.69) is 27.2 Å². The second kappa shape index (κ2) is 9.31. The molecule has 2 saturated heterocycles. The number of para-hydroxylation sites is 1. The number of hydrogen-bond donors (Lipinski definition) is 2. The first-order valence-electron chi connectivity index (χ1n) is 10.8. The van der Waals surface area contributed by atoms with Crippen molar-refractivity contribution in [1.29, 1.82) is 0 Å². The van der Waals surface area contributed by atoms with E-state index in [4.69, 9.17) is 0 Å². The van der Waals surface area contributed by atoms with Gasteiger partial charge in [-0.1, -0.05) is 30.3 Å². The van der Waals surface area contributed by atoms with Crippen LogP contribution in [0.4, 0.5) is 5.69 Å². The number of rotatable bonds is 7. The van der Waals surface area contributed by atoms with Gasteiger partial charge < -0.3 is 20.2 Å². The van der Waals surface area contributed by atoms with Crippen molar-refractivity contribution in [2.45, 2.75) is 31.7 Å². The minimum atomic E-state index is 0.0381. The Morgan fingerprint density at radius 3 is 2.48 bits per heavy atom. The lowest BCUT2D eigenvalue weighted by Gasteiger charge is -2.26. The third kappa shape index (κ3) is 5.30. The second-order valence-electron chi connectivity index (χ2n) is 8.35. The van der Waals surface area contributed by atoms with Crippen molar-refractivity contribution in [3.63, 3.8) is 0 Å². The van der Waals surface area contributed by atoms with Crippen molar-refractivity contribution in [1.82, 2.24) is 10.2 Å². The van der Waals surface area contributed by atoms with Crippen LogP contribution in [0.5, 0.6) is 5.75 Å². The monoisotopic (exact) mass is 393 g/mol. The summed E-state index contributed by atoms with van der Waals surface area (Å²) in [4.78, 5) is 17.8. The van der Waals surface area contributed by atoms with E-state index < -0.39 is 0 Å². The number of phenols is 1. The molecule has 1 amide bonds. The minimum absolute atomic E-state index is 0.0381. The summed E-state index contributed by atoms with van der Waals surface area (Å²) in [6, 6.07) is 17.8. The van der Waals surface area contributed by atoms with Gasteiger partial charge in [0.05, 0.1) is 5.92 Å². The van der Waals surface area contributed by atoms with E-state index in [-0.39, 0.29) is 23.6 Å². The first-order chi connectivity index (χ1) is 14.2. The number of carbonyl (C=O) groups is 1. The average Bonchev–Trinajstić information content (AvgIpc) is 3.42. The predicted molar refractivity (Wildman–Crippen MR) is 116 cm³/mol. The van der Waals surface area contributed by atoms with E-state index in [1.807, 2.05) is 30.3 Å². The maximum atomic E-state index is 13.1. The van der Waals surface area contributed by atoms with Gasteiger partial charge in [0.2, 0.25) is 5.91 Å². The van der Waals surface area contributed by atoms with Crippen LogP contribution in [-0.4, -0.2) is 54.7 Å². The fourth-order valence-corrected chi connectivity index (χ4v) is 4.52. The molecule has 2 N–H and O–H groups in total. The average molecular weight is 394 g/mol. The van der Waals surface area contributed by atoms with Crippen LogP contribution in [0, 0.1) is 5.92 Å². The number of nitrogens with zero attached hydrogens (tertiary/aromatic N) is 2. The van der Waals surface area contributed by atoms with Crippen LogP contribution in [0.1, 0.15) is 24.8 Å². The van der Waals surface area contributed by atoms with Gasteiger partial charge in [-0.05, 0) is 68.6 Å². The first kappa shape index (κ1) is 19.8. The standard InChI is InChI=1S/C24H31N3O2/c28-23-10-8-19(9-11-23)16-21(18-26-13-4-5-14-26)25-24(29)20-12-15-27(17-20)22-6-2-1-3-7-22/h1-3,6-11,20-21,28H,4-5,12-18H2,(H,25,29)/t20-,21?/m1/s1. The fourth-order valence-electron chi connectivity index (χ4n) is 4.52. The number of nitrogens with one attached hydrogen (secondary N) is 1. The summed E-state index contributed by atoms with van der Waals surface area (Å²) in [7, 11) is 0. The molecule has 4 rings (SSSR count). The van der Waals surface area contributed by atoms with Crippen molar-refractivity contribution in [2.24, 2.45) is 5.92 Å². The quantitative estimate of drug-likeness (QED) is 0.759. The lowest BCUT2D eigenvalue weighted by atomic mass is 10.0. The number of likely N-dealkylation sites (tertiary alicyclic amines) is 1. The van der Waals surface area contributed by atoms with Crippen molar-refractivity contribution in [2.75, 3.05) is 37.6 Å². The maximum Gasteiger partial charge on any atom is 0.225 e. The van der Waals surface area contributed by atoms with Crippen molar-refractivity contribution < 1.29 is 9.90 Å². The highest BCUT2D eigenvalue weighted by Gasteiger charge is 2.30. The highest BCUT2D eigenvalue weighted by Crippen LogP contribution is 2.24. The van der Waals surface area contributed by atoms with Crippen molar-refractivity contribution in [3.8, 4) is 5.75 Å². The molecule has 2 aliphatic rings. The smallest absolute Gasteiger partial charge is 0.225 e. The van der Waals surface area contributed by atoms with Crippen molar-refractivity contribution >= 4 is 11.6 Å². The van der Waals surface area contributed by atoms with E-state index in [1.165, 1.54) is 18.5 Å². The molecule has 1 unspecified atom stereocenters. The minimum Gasteiger partial charge on any atom is -0.508 e. The van der Waals surface area contributed by atoms with Gasteiger partial charge in [0.15, 0.2) is 0 Å². The van der Waals surface area contributed by atoms with E-state index in [9.17, 15) is 9.90 Å². The van der Waals surface area contributed by atoms with E-state index in [1.54, 1.807) is 12.1 Å². The Morgan fingerprint density at radius 2 is 1.76 bits per heavy atom. The number of amides is 1. The van der Waals surface area contributed by atoms with Gasteiger partial charge >= 0.3 is 0 Å². The lowest BCUT2D eigenvalue weighted by molar-refractivity contribution is -0.125. The molecular formula is C24H31N3O2. The van der Waals surface area contributed by atoms with Crippen LogP contribution in [0.15, 0.2) is 54.6 Å². The largest absolute Gasteiger partial charge is 0.508 e. The molecule has 5 heteroatoms. The summed E-state index contributed by atoms with van der Waals surface area (Å²) >= 11 is 0. The number of phenolic OH excluding ortho intramolecular Hbond substituents is 1. The van der Waals surface area contributed by atoms with Gasteiger partial charge in [0, 0.05) is 31.4 Å². The van der Waals surface area contributed by atoms with Crippen LogP contribution in [0.2, 0.25) is 0 Å². The molecule has 2 heterocycles. The number of hydrogen-bond acceptors (Lipinski definition) is 4. The molecular weight excluding hydrogens is 362 g/mol. The second-order valence-corrected chi connectivity index (χ2v) is 8.35. The van der Waals surface area contributed by atoms with E-state index in [0.717, 1.165) is 51.1 Å². The molecule has 0 aromatic heterocycles. The van der Waals surface area contributed by atoms with Crippen LogP contribution in [0.3, 0.4) is 0 Å². The lowest BCUT2D eigenvalue weighted by Crippen LogP contribution is -2.46. The molecule has 0 radical (unpaired) electrons. The highest BCUT2D eigenvalue weighted by molar-refractivity contribution is 5.80. The van der Waals surface area contributed by atoms with Crippen LogP contribution >= 0.6 is 0 Å². The third-order valence-corrected chi connectivity index (χ3v) is 6.12. The molecule has 0 aliphatic carbocycles. The summed E-state index contributed by atoms with van der Waals surface area (Å²) < 4.78 is 0. The fraction of sp³-hybridized carbons (Fsp3) is 0.458. The SMILES string of the molecule is O=C(NC(Cc1ccc(O)cc1)CN1CCCC1)[C@@H]1CCN(c2ccccc2)C1. The molecule has 2 aromatic carbocycles. The molecule has 2 fully saturated rings. The Balaban J connectivity index is 1.38. The summed E-state index contributed by atoms with van der Waals surface area (Å²) in [6.45, 7) is 4.84. The number of benzene rings is 2. The zero-order chi connectivity index (χ0) is 20.1. The Labute approximate surface area is 173 Å². The molecule has 2 atom stereocenters. The van der Waals surface area contributed by atoms with Gasteiger partial charge in [-0.2, -0.15) is 0 Å². The van der Waals surface area contributed by atoms with Gasteiger partial charge in [0.1, 0.15) is 5.75 Å². The summed E-state index contributed by atoms with van der Waals surface area (Å²) in [5, 5.41) is 12.9. The number of aromatic hydroxyl groups is 1. The topological polar surface area (TPSA) is 55.8 Å². The van der Waals surface area contributed by atoms with Crippen molar-refractivity contribution in [3.05, 3.63) is 60.2 Å². The molecule has 0 spiro atoms. The molecule has 0 bridgehead atoms.